The monoisotopic (exact) mass is 291 g/mol. The fourth-order valence-electron chi connectivity index (χ4n) is 1.66. The van der Waals surface area contributed by atoms with Crippen molar-refractivity contribution < 1.29 is 14.6 Å². The highest BCUT2D eigenvalue weighted by atomic mass is 35.5. The number of benzene rings is 2. The molecule has 0 aliphatic rings. The maximum atomic E-state index is 11.6. The summed E-state index contributed by atoms with van der Waals surface area (Å²) in [7, 11) is 0. The largest absolute Gasteiger partial charge is 0.508 e. The first-order valence-electron chi connectivity index (χ1n) is 6.07. The van der Waals surface area contributed by atoms with Gasteiger partial charge in [0.05, 0.1) is 6.54 Å². The number of phenols is 1. The molecule has 0 spiro atoms. The van der Waals surface area contributed by atoms with E-state index in [1.165, 1.54) is 6.07 Å². The van der Waals surface area contributed by atoms with Gasteiger partial charge < -0.3 is 15.2 Å². The number of carbonyl (C=O) groups is 1. The quantitative estimate of drug-likeness (QED) is 0.907. The molecule has 4 nitrogen and oxygen atoms in total. The van der Waals surface area contributed by atoms with Gasteiger partial charge in [0.15, 0.2) is 0 Å². The Morgan fingerprint density at radius 1 is 1.15 bits per heavy atom. The van der Waals surface area contributed by atoms with Crippen LogP contribution in [0.4, 0.5) is 4.79 Å². The number of amides is 1. The molecule has 0 bridgehead atoms. The molecule has 0 saturated carbocycles. The minimum absolute atomic E-state index is 0.0425. The summed E-state index contributed by atoms with van der Waals surface area (Å²) in [6.45, 7) is 0.306. The van der Waals surface area contributed by atoms with Crippen molar-refractivity contribution in [3.63, 3.8) is 0 Å². The summed E-state index contributed by atoms with van der Waals surface area (Å²) in [5.74, 6) is 0.0425. The van der Waals surface area contributed by atoms with E-state index >= 15 is 0 Å². The van der Waals surface area contributed by atoms with E-state index in [2.05, 4.69) is 5.32 Å². The average molecular weight is 292 g/mol. The summed E-state index contributed by atoms with van der Waals surface area (Å²) in [6.07, 6.45) is -0.562. The number of rotatable bonds is 4. The summed E-state index contributed by atoms with van der Waals surface area (Å²) >= 11 is 5.93. The molecule has 2 rings (SSSR count). The zero-order chi connectivity index (χ0) is 14.4. The van der Waals surface area contributed by atoms with Crippen LogP contribution in [0.1, 0.15) is 11.1 Å². The Morgan fingerprint density at radius 3 is 2.60 bits per heavy atom. The van der Waals surface area contributed by atoms with Crippen molar-refractivity contribution >= 4 is 17.7 Å². The van der Waals surface area contributed by atoms with Gasteiger partial charge in [0.1, 0.15) is 12.4 Å². The number of hydrogen-bond acceptors (Lipinski definition) is 3. The molecular weight excluding hydrogens is 278 g/mol. The van der Waals surface area contributed by atoms with Gasteiger partial charge in [0, 0.05) is 10.6 Å². The number of carbonyl (C=O) groups excluding carboxylic acids is 1. The molecule has 20 heavy (non-hydrogen) atoms. The Hall–Kier alpha value is -2.20. The predicted molar refractivity (Wildman–Crippen MR) is 76.6 cm³/mol. The number of ether oxygens (including phenoxy) is 1. The van der Waals surface area contributed by atoms with E-state index in [4.69, 9.17) is 16.3 Å². The van der Waals surface area contributed by atoms with E-state index in [0.717, 1.165) is 5.56 Å². The number of phenolic OH excluding ortho intramolecular Hbond substituents is 1. The van der Waals surface area contributed by atoms with Crippen molar-refractivity contribution in [2.24, 2.45) is 0 Å². The lowest BCUT2D eigenvalue weighted by molar-refractivity contribution is 0.139. The molecule has 0 fully saturated rings. The van der Waals surface area contributed by atoms with Crippen molar-refractivity contribution in [1.82, 2.24) is 5.32 Å². The second-order valence-corrected chi connectivity index (χ2v) is 4.56. The minimum Gasteiger partial charge on any atom is -0.508 e. The van der Waals surface area contributed by atoms with Crippen LogP contribution in [-0.2, 0) is 17.9 Å². The molecule has 0 saturated heterocycles. The Kier molecular flexibility index (Phi) is 4.85. The lowest BCUT2D eigenvalue weighted by Crippen LogP contribution is -2.23. The zero-order valence-electron chi connectivity index (χ0n) is 10.7. The molecule has 2 N–H and O–H groups in total. The molecule has 2 aromatic rings. The van der Waals surface area contributed by atoms with Crippen molar-refractivity contribution in [1.29, 1.82) is 0 Å². The third-order valence-corrected chi connectivity index (χ3v) is 3.07. The Bertz CT molecular complexity index is 567. The molecule has 0 unspecified atom stereocenters. The highest BCUT2D eigenvalue weighted by molar-refractivity contribution is 6.31. The van der Waals surface area contributed by atoms with Crippen LogP contribution in [0, 0.1) is 0 Å². The summed E-state index contributed by atoms with van der Waals surface area (Å²) < 4.78 is 5.05. The van der Waals surface area contributed by atoms with E-state index in [1.54, 1.807) is 12.1 Å². The average Bonchev–Trinajstić information content (AvgIpc) is 2.46. The van der Waals surface area contributed by atoms with E-state index in [9.17, 15) is 9.90 Å². The van der Waals surface area contributed by atoms with Crippen LogP contribution in [0.5, 0.6) is 5.75 Å². The predicted octanol–water partition coefficient (Wildman–Crippen LogP) is 3.47. The van der Waals surface area contributed by atoms with Gasteiger partial charge in [-0.05, 0) is 17.7 Å². The Labute approximate surface area is 122 Å². The number of hydrogen-bond donors (Lipinski definition) is 2. The van der Waals surface area contributed by atoms with Crippen LogP contribution in [-0.4, -0.2) is 11.2 Å². The molecule has 104 valence electrons. The third-order valence-electron chi connectivity index (χ3n) is 2.72. The normalized spacial score (nSPS) is 10.1. The molecule has 0 heterocycles. The van der Waals surface area contributed by atoms with Gasteiger partial charge in [-0.25, -0.2) is 4.79 Å². The van der Waals surface area contributed by atoms with Gasteiger partial charge in [0.2, 0.25) is 0 Å². The fraction of sp³-hybridized carbons (Fsp3) is 0.133. The Balaban J connectivity index is 1.84. The van der Waals surface area contributed by atoms with E-state index < -0.39 is 6.09 Å². The standard InChI is InChI=1S/C15H14ClNO3/c16-13-7-4-8-14(18)12(13)9-17-15(19)20-10-11-5-2-1-3-6-11/h1-8,18H,9-10H2,(H,17,19). The maximum Gasteiger partial charge on any atom is 0.407 e. The van der Waals surface area contributed by atoms with Crippen LogP contribution in [0.15, 0.2) is 48.5 Å². The van der Waals surface area contributed by atoms with Crippen LogP contribution in [0.25, 0.3) is 0 Å². The first-order chi connectivity index (χ1) is 9.66. The molecule has 5 heteroatoms. The first kappa shape index (κ1) is 14.2. The van der Waals surface area contributed by atoms with Crippen molar-refractivity contribution in [2.75, 3.05) is 0 Å². The van der Waals surface area contributed by atoms with Crippen molar-refractivity contribution in [3.8, 4) is 5.75 Å². The minimum atomic E-state index is -0.562. The summed E-state index contributed by atoms with van der Waals surface area (Å²) in [5, 5.41) is 12.6. The van der Waals surface area contributed by atoms with Crippen LogP contribution in [0.2, 0.25) is 5.02 Å². The smallest absolute Gasteiger partial charge is 0.407 e. The molecule has 0 aromatic heterocycles. The lowest BCUT2D eigenvalue weighted by atomic mass is 10.2. The molecule has 0 aliphatic heterocycles. The first-order valence-corrected chi connectivity index (χ1v) is 6.45. The van der Waals surface area contributed by atoms with Gasteiger partial charge in [0.25, 0.3) is 0 Å². The van der Waals surface area contributed by atoms with Crippen molar-refractivity contribution in [3.05, 3.63) is 64.7 Å². The highest BCUT2D eigenvalue weighted by Crippen LogP contribution is 2.24. The van der Waals surface area contributed by atoms with Crippen molar-refractivity contribution in [2.45, 2.75) is 13.2 Å². The van der Waals surface area contributed by atoms with Crippen LogP contribution in [0.3, 0.4) is 0 Å². The topological polar surface area (TPSA) is 58.6 Å². The summed E-state index contributed by atoms with van der Waals surface area (Å²) in [4.78, 5) is 11.6. The molecule has 2 aromatic carbocycles. The van der Waals surface area contributed by atoms with Crippen LogP contribution < -0.4 is 5.32 Å². The molecule has 1 amide bonds. The van der Waals surface area contributed by atoms with E-state index in [-0.39, 0.29) is 18.9 Å². The molecule has 0 aliphatic carbocycles. The van der Waals surface area contributed by atoms with Gasteiger partial charge in [-0.1, -0.05) is 48.0 Å². The molecule has 0 radical (unpaired) electrons. The van der Waals surface area contributed by atoms with Gasteiger partial charge >= 0.3 is 6.09 Å². The second-order valence-electron chi connectivity index (χ2n) is 4.15. The van der Waals surface area contributed by atoms with E-state index in [1.807, 2.05) is 30.3 Å². The number of halogens is 1. The lowest BCUT2D eigenvalue weighted by Gasteiger charge is -2.09. The maximum absolute atomic E-state index is 11.6. The number of aromatic hydroxyl groups is 1. The summed E-state index contributed by atoms with van der Waals surface area (Å²) in [6, 6.07) is 14.2. The van der Waals surface area contributed by atoms with Gasteiger partial charge in [-0.2, -0.15) is 0 Å². The number of nitrogens with one attached hydrogen (secondary N) is 1. The molecular formula is C15H14ClNO3. The second kappa shape index (κ2) is 6.82. The van der Waals surface area contributed by atoms with Crippen LogP contribution >= 0.6 is 11.6 Å². The van der Waals surface area contributed by atoms with Gasteiger partial charge in [-0.15, -0.1) is 0 Å². The van der Waals surface area contributed by atoms with Gasteiger partial charge in [-0.3, -0.25) is 0 Å². The SMILES string of the molecule is O=C(NCc1c(O)cccc1Cl)OCc1ccccc1. The Morgan fingerprint density at radius 2 is 1.90 bits per heavy atom. The summed E-state index contributed by atoms with van der Waals surface area (Å²) in [5.41, 5.74) is 1.37. The highest BCUT2D eigenvalue weighted by Gasteiger charge is 2.08. The fourth-order valence-corrected chi connectivity index (χ4v) is 1.89. The van der Waals surface area contributed by atoms with E-state index in [0.29, 0.717) is 10.6 Å². The molecule has 0 atom stereocenters. The number of alkyl carbamates (subject to hydrolysis) is 1. The zero-order valence-corrected chi connectivity index (χ0v) is 11.4. The third kappa shape index (κ3) is 3.90.